The number of anilines is 2. The molecule has 0 saturated carbocycles. The van der Waals surface area contributed by atoms with Crippen molar-refractivity contribution in [1.82, 2.24) is 15.7 Å². The Labute approximate surface area is 184 Å². The highest BCUT2D eigenvalue weighted by Gasteiger charge is 2.22. The van der Waals surface area contributed by atoms with Crippen LogP contribution in [0.5, 0.6) is 0 Å². The fourth-order valence-electron chi connectivity index (χ4n) is 2.51. The summed E-state index contributed by atoms with van der Waals surface area (Å²) in [7, 11) is 0. The lowest BCUT2D eigenvalue weighted by atomic mass is 10.1. The molecule has 0 saturated heterocycles. The molecule has 0 atom stereocenters. The van der Waals surface area contributed by atoms with Crippen molar-refractivity contribution >= 4 is 45.8 Å². The standard InChI is InChI=1S/C21H22ClN5O2S/c1-3-12-23-20(29)27(26-19(28)24-17-10-8-16(22)9-11-17)21-25-18(13-30-21)15-6-4-14(2)5-7-15/h4-11,13H,3,12H2,1-2H3,(H,23,29)(H2,24,26,28). The third-order valence-electron chi connectivity index (χ3n) is 4.08. The molecule has 0 radical (unpaired) electrons. The summed E-state index contributed by atoms with van der Waals surface area (Å²) in [6.45, 7) is 4.44. The van der Waals surface area contributed by atoms with Crippen molar-refractivity contribution in [3.05, 3.63) is 64.5 Å². The second kappa shape index (κ2) is 10.1. The van der Waals surface area contributed by atoms with Gasteiger partial charge in [-0.1, -0.05) is 48.4 Å². The summed E-state index contributed by atoms with van der Waals surface area (Å²) in [4.78, 5) is 29.7. The number of benzene rings is 2. The van der Waals surface area contributed by atoms with E-state index in [0.717, 1.165) is 28.3 Å². The molecule has 4 amide bonds. The van der Waals surface area contributed by atoms with Crippen LogP contribution in [-0.2, 0) is 0 Å². The maximum absolute atomic E-state index is 12.6. The number of aryl methyl sites for hydroxylation is 1. The maximum atomic E-state index is 12.6. The smallest absolute Gasteiger partial charge is 0.336 e. The zero-order valence-electron chi connectivity index (χ0n) is 16.6. The van der Waals surface area contributed by atoms with Gasteiger partial charge in [0.2, 0.25) is 5.13 Å². The molecule has 0 bridgehead atoms. The highest BCUT2D eigenvalue weighted by molar-refractivity contribution is 7.14. The van der Waals surface area contributed by atoms with Crippen LogP contribution in [0.1, 0.15) is 18.9 Å². The van der Waals surface area contributed by atoms with E-state index in [9.17, 15) is 9.59 Å². The van der Waals surface area contributed by atoms with Gasteiger partial charge in [0.1, 0.15) is 0 Å². The molecule has 0 aliphatic heterocycles. The summed E-state index contributed by atoms with van der Waals surface area (Å²) in [5.41, 5.74) is 5.92. The van der Waals surface area contributed by atoms with Crippen LogP contribution in [0.3, 0.4) is 0 Å². The number of rotatable bonds is 5. The molecule has 3 N–H and O–H groups in total. The topological polar surface area (TPSA) is 86.4 Å². The van der Waals surface area contributed by atoms with Gasteiger partial charge in [-0.25, -0.2) is 20.0 Å². The Balaban J connectivity index is 1.78. The average Bonchev–Trinajstić information content (AvgIpc) is 3.22. The number of thiazole rings is 1. The number of urea groups is 2. The molecular formula is C21H22ClN5O2S. The molecule has 1 heterocycles. The molecule has 1 aromatic heterocycles. The van der Waals surface area contributed by atoms with Crippen molar-refractivity contribution in [2.75, 3.05) is 16.9 Å². The van der Waals surface area contributed by atoms with Gasteiger partial charge in [0, 0.05) is 28.2 Å². The van der Waals surface area contributed by atoms with Crippen LogP contribution in [0, 0.1) is 6.92 Å². The molecule has 0 spiro atoms. The predicted molar refractivity (Wildman–Crippen MR) is 122 cm³/mol. The summed E-state index contributed by atoms with van der Waals surface area (Å²) in [6, 6.07) is 13.6. The third-order valence-corrected chi connectivity index (χ3v) is 5.15. The van der Waals surface area contributed by atoms with Crippen molar-refractivity contribution in [2.24, 2.45) is 0 Å². The van der Waals surface area contributed by atoms with Gasteiger partial charge in [0.25, 0.3) is 0 Å². The number of carbonyl (C=O) groups excluding carboxylic acids is 2. The minimum absolute atomic E-state index is 0.352. The third kappa shape index (κ3) is 5.71. The summed E-state index contributed by atoms with van der Waals surface area (Å²) in [5, 5.41) is 9.30. The highest BCUT2D eigenvalue weighted by atomic mass is 35.5. The van der Waals surface area contributed by atoms with Gasteiger partial charge in [-0.3, -0.25) is 0 Å². The Morgan fingerprint density at radius 3 is 2.47 bits per heavy atom. The molecule has 3 rings (SSSR count). The SMILES string of the molecule is CCCNC(=O)N(NC(=O)Nc1ccc(Cl)cc1)c1nc(-c2ccc(C)cc2)cs1. The average molecular weight is 444 g/mol. The molecule has 0 fully saturated rings. The summed E-state index contributed by atoms with van der Waals surface area (Å²) < 4.78 is 0. The first-order valence-electron chi connectivity index (χ1n) is 9.40. The largest absolute Gasteiger partial charge is 0.343 e. The predicted octanol–water partition coefficient (Wildman–Crippen LogP) is 5.43. The molecule has 7 nitrogen and oxygen atoms in total. The van der Waals surface area contributed by atoms with Gasteiger partial charge in [-0.2, -0.15) is 5.01 Å². The minimum atomic E-state index is -0.573. The highest BCUT2D eigenvalue weighted by Crippen LogP contribution is 2.27. The van der Waals surface area contributed by atoms with E-state index in [0.29, 0.717) is 22.4 Å². The first kappa shape index (κ1) is 21.6. The zero-order valence-corrected chi connectivity index (χ0v) is 18.2. The van der Waals surface area contributed by atoms with E-state index in [1.54, 1.807) is 24.3 Å². The monoisotopic (exact) mass is 443 g/mol. The van der Waals surface area contributed by atoms with E-state index in [-0.39, 0.29) is 0 Å². The molecule has 0 unspecified atom stereocenters. The molecule has 2 aromatic carbocycles. The number of hydrazine groups is 1. The molecular weight excluding hydrogens is 422 g/mol. The quantitative estimate of drug-likeness (QED) is 0.459. The molecule has 0 aliphatic carbocycles. The van der Waals surface area contributed by atoms with Gasteiger partial charge in [-0.15, -0.1) is 11.3 Å². The van der Waals surface area contributed by atoms with Crippen molar-refractivity contribution in [1.29, 1.82) is 0 Å². The van der Waals surface area contributed by atoms with Gasteiger partial charge in [0.05, 0.1) is 5.69 Å². The van der Waals surface area contributed by atoms with E-state index in [2.05, 4.69) is 21.0 Å². The van der Waals surface area contributed by atoms with Crippen LogP contribution in [0.15, 0.2) is 53.9 Å². The lowest BCUT2D eigenvalue weighted by Gasteiger charge is -2.21. The second-order valence-corrected chi connectivity index (χ2v) is 7.79. The van der Waals surface area contributed by atoms with Gasteiger partial charge in [-0.05, 0) is 37.6 Å². The minimum Gasteiger partial charge on any atom is -0.336 e. The van der Waals surface area contributed by atoms with E-state index >= 15 is 0 Å². The Hall–Kier alpha value is -3.10. The fourth-order valence-corrected chi connectivity index (χ4v) is 3.43. The number of carbonyl (C=O) groups is 2. The number of amides is 4. The normalized spacial score (nSPS) is 10.4. The summed E-state index contributed by atoms with van der Waals surface area (Å²) in [6.07, 6.45) is 0.767. The van der Waals surface area contributed by atoms with Crippen molar-refractivity contribution < 1.29 is 9.59 Å². The first-order valence-corrected chi connectivity index (χ1v) is 10.7. The first-order chi connectivity index (χ1) is 14.5. The number of hydrogen-bond donors (Lipinski definition) is 3. The summed E-state index contributed by atoms with van der Waals surface area (Å²) >= 11 is 7.13. The number of nitrogens with zero attached hydrogens (tertiary/aromatic N) is 2. The lowest BCUT2D eigenvalue weighted by molar-refractivity contribution is 0.237. The van der Waals surface area contributed by atoms with Gasteiger partial charge in [0.15, 0.2) is 0 Å². The zero-order chi connectivity index (χ0) is 21.5. The van der Waals surface area contributed by atoms with Crippen molar-refractivity contribution in [3.63, 3.8) is 0 Å². The number of hydrogen-bond acceptors (Lipinski definition) is 4. The van der Waals surface area contributed by atoms with Crippen molar-refractivity contribution in [2.45, 2.75) is 20.3 Å². The second-order valence-electron chi connectivity index (χ2n) is 6.52. The number of nitrogens with one attached hydrogen (secondary N) is 3. The van der Waals surface area contributed by atoms with Crippen LogP contribution in [0.4, 0.5) is 20.4 Å². The molecule has 156 valence electrons. The van der Waals surface area contributed by atoms with Gasteiger partial charge < -0.3 is 10.6 Å². The van der Waals surface area contributed by atoms with E-state index in [1.807, 2.05) is 43.5 Å². The van der Waals surface area contributed by atoms with Crippen LogP contribution >= 0.6 is 22.9 Å². The fraction of sp³-hybridized carbons (Fsp3) is 0.190. The van der Waals surface area contributed by atoms with Crippen LogP contribution < -0.4 is 21.1 Å². The molecule has 9 heteroatoms. The number of halogens is 1. The molecule has 0 aliphatic rings. The Morgan fingerprint density at radius 1 is 1.10 bits per heavy atom. The molecule has 30 heavy (non-hydrogen) atoms. The maximum Gasteiger partial charge on any atom is 0.343 e. The Bertz CT molecular complexity index is 1000. The van der Waals surface area contributed by atoms with E-state index < -0.39 is 12.1 Å². The van der Waals surface area contributed by atoms with E-state index in [1.165, 1.54) is 11.3 Å². The van der Waals surface area contributed by atoms with E-state index in [4.69, 9.17) is 11.6 Å². The van der Waals surface area contributed by atoms with Crippen LogP contribution in [-0.4, -0.2) is 23.6 Å². The lowest BCUT2D eigenvalue weighted by Crippen LogP contribution is -2.52. The van der Waals surface area contributed by atoms with Crippen LogP contribution in [0.25, 0.3) is 11.3 Å². The molecule has 3 aromatic rings. The van der Waals surface area contributed by atoms with Gasteiger partial charge >= 0.3 is 12.1 Å². The Kier molecular flexibility index (Phi) is 7.26. The summed E-state index contributed by atoms with van der Waals surface area (Å²) in [5.74, 6) is 0. The number of aromatic nitrogens is 1. The van der Waals surface area contributed by atoms with Crippen LogP contribution in [0.2, 0.25) is 5.02 Å². The Morgan fingerprint density at radius 2 is 1.80 bits per heavy atom. The van der Waals surface area contributed by atoms with Crippen molar-refractivity contribution in [3.8, 4) is 11.3 Å².